The molecule has 0 amide bonds. The van der Waals surface area contributed by atoms with Gasteiger partial charge in [-0.05, 0) is 28.8 Å². The molecule has 6 aromatic carbocycles. The third-order valence-corrected chi connectivity index (χ3v) is 8.18. The molecule has 6 heteroatoms. The van der Waals surface area contributed by atoms with E-state index in [0.717, 1.165) is 50.3 Å². The number of aliphatic imine (C=N–C) groups is 2. The number of hydrogen-bond donors (Lipinski definition) is 1. The van der Waals surface area contributed by atoms with Crippen molar-refractivity contribution < 1.29 is 0 Å². The first-order valence-electron chi connectivity index (χ1n) is 15.9. The average Bonchev–Trinajstić information content (AvgIpc) is 3.19. The van der Waals surface area contributed by atoms with Crippen molar-refractivity contribution in [1.29, 1.82) is 0 Å². The van der Waals surface area contributed by atoms with E-state index in [9.17, 15) is 0 Å². The Morgan fingerprint density at radius 2 is 0.792 bits per heavy atom. The van der Waals surface area contributed by atoms with Crippen molar-refractivity contribution in [3.63, 3.8) is 0 Å². The second-order valence-corrected chi connectivity index (χ2v) is 11.4. The minimum atomic E-state index is -0.262. The van der Waals surface area contributed by atoms with Crippen LogP contribution in [0.3, 0.4) is 0 Å². The van der Waals surface area contributed by atoms with Gasteiger partial charge in [0.25, 0.3) is 0 Å². The van der Waals surface area contributed by atoms with Crippen LogP contribution in [0, 0.1) is 0 Å². The Kier molecular flexibility index (Phi) is 7.87. The summed E-state index contributed by atoms with van der Waals surface area (Å²) in [4.78, 5) is 24.7. The molecular weight excluding hydrogens is 589 g/mol. The second kappa shape index (κ2) is 13.1. The highest BCUT2D eigenvalue weighted by atomic mass is 15.2. The third kappa shape index (κ3) is 6.15. The molecule has 0 bridgehead atoms. The molecule has 0 saturated heterocycles. The third-order valence-electron chi connectivity index (χ3n) is 8.18. The lowest BCUT2D eigenvalue weighted by Crippen LogP contribution is -2.33. The predicted molar refractivity (Wildman–Crippen MR) is 193 cm³/mol. The number of amidine groups is 2. The monoisotopic (exact) mass is 618 g/mol. The molecule has 1 aliphatic rings. The molecule has 0 aliphatic carbocycles. The number of nitrogens with one attached hydrogen (secondary N) is 1. The SMILES string of the molecule is c1ccc(C2=NC(c3ccccc3)NC(c3cccc(-c4cccc(-c5nc(-c6ccccc6)nc(-c6ccccc6)n5)c4)c3)=N2)cc1. The molecule has 1 unspecified atom stereocenters. The fraction of sp³-hybridized carbons (Fsp3) is 0.0238. The largest absolute Gasteiger partial charge is 0.344 e. The Morgan fingerprint density at radius 1 is 0.375 bits per heavy atom. The predicted octanol–water partition coefficient (Wildman–Crippen LogP) is 9.04. The van der Waals surface area contributed by atoms with Crippen molar-refractivity contribution in [2.45, 2.75) is 6.17 Å². The van der Waals surface area contributed by atoms with Gasteiger partial charge in [-0.15, -0.1) is 0 Å². The lowest BCUT2D eigenvalue weighted by molar-refractivity contribution is 0.674. The summed E-state index contributed by atoms with van der Waals surface area (Å²) >= 11 is 0. The molecule has 0 saturated carbocycles. The van der Waals surface area contributed by atoms with Crippen LogP contribution in [0.15, 0.2) is 180 Å². The maximum absolute atomic E-state index is 5.00. The van der Waals surface area contributed by atoms with Gasteiger partial charge in [0.2, 0.25) is 0 Å². The molecule has 48 heavy (non-hydrogen) atoms. The topological polar surface area (TPSA) is 75.4 Å². The number of rotatable bonds is 7. The molecule has 2 heterocycles. The lowest BCUT2D eigenvalue weighted by atomic mass is 10.00. The molecule has 8 rings (SSSR count). The van der Waals surface area contributed by atoms with Crippen molar-refractivity contribution in [3.05, 3.63) is 187 Å². The van der Waals surface area contributed by atoms with Crippen LogP contribution in [0.2, 0.25) is 0 Å². The van der Waals surface area contributed by atoms with Gasteiger partial charge in [0.15, 0.2) is 23.3 Å². The number of benzene rings is 6. The molecular formula is C42H30N6. The van der Waals surface area contributed by atoms with Gasteiger partial charge in [-0.1, -0.05) is 158 Å². The Bertz CT molecular complexity index is 2190. The summed E-state index contributed by atoms with van der Waals surface area (Å²) in [5.74, 6) is 3.36. The average molecular weight is 619 g/mol. The smallest absolute Gasteiger partial charge is 0.164 e. The van der Waals surface area contributed by atoms with Gasteiger partial charge in [0.05, 0.1) is 0 Å². The molecule has 0 spiro atoms. The van der Waals surface area contributed by atoms with E-state index in [2.05, 4.69) is 53.8 Å². The van der Waals surface area contributed by atoms with Crippen LogP contribution in [0.5, 0.6) is 0 Å². The Hall–Kier alpha value is -6.53. The summed E-state index contributed by atoms with van der Waals surface area (Å²) in [5.41, 5.74) is 7.91. The van der Waals surface area contributed by atoms with E-state index in [0.29, 0.717) is 23.3 Å². The molecule has 0 fully saturated rings. The van der Waals surface area contributed by atoms with Gasteiger partial charge < -0.3 is 5.32 Å². The molecule has 228 valence electrons. The summed E-state index contributed by atoms with van der Waals surface area (Å²) in [5, 5.41) is 3.58. The van der Waals surface area contributed by atoms with Gasteiger partial charge in [-0.25, -0.2) is 24.9 Å². The molecule has 1 atom stereocenters. The van der Waals surface area contributed by atoms with Crippen LogP contribution in [0.25, 0.3) is 45.3 Å². The fourth-order valence-corrected chi connectivity index (χ4v) is 5.74. The quantitative estimate of drug-likeness (QED) is 0.193. The van der Waals surface area contributed by atoms with Crippen molar-refractivity contribution in [2.75, 3.05) is 0 Å². The van der Waals surface area contributed by atoms with E-state index in [1.807, 2.05) is 121 Å². The first-order valence-corrected chi connectivity index (χ1v) is 15.9. The zero-order valence-corrected chi connectivity index (χ0v) is 26.0. The molecule has 0 radical (unpaired) electrons. The number of nitrogens with zero attached hydrogens (tertiary/aromatic N) is 5. The Morgan fingerprint density at radius 3 is 1.35 bits per heavy atom. The van der Waals surface area contributed by atoms with E-state index in [1.54, 1.807) is 0 Å². The fourth-order valence-electron chi connectivity index (χ4n) is 5.74. The normalized spacial score (nSPS) is 14.0. The van der Waals surface area contributed by atoms with Crippen LogP contribution in [0.4, 0.5) is 0 Å². The zero-order chi connectivity index (χ0) is 32.1. The summed E-state index contributed by atoms with van der Waals surface area (Å²) in [6, 6.07) is 57.2. The minimum absolute atomic E-state index is 0.262. The Labute approximate surface area is 279 Å². The summed E-state index contributed by atoms with van der Waals surface area (Å²) in [7, 11) is 0. The zero-order valence-electron chi connectivity index (χ0n) is 26.0. The standard InChI is InChI=1S/C42H30N6/c1-5-15-29(16-6-1)37-43-38(30-17-7-2-8-18-30)46-41(45-37)35-25-13-23-33(27-35)34-24-14-26-36(28-34)42-47-39(31-19-9-3-10-20-31)44-40(48-42)32-21-11-4-12-22-32/h1-28,37H,(H,43,45,46). The summed E-state index contributed by atoms with van der Waals surface area (Å²) < 4.78 is 0. The van der Waals surface area contributed by atoms with E-state index >= 15 is 0 Å². The van der Waals surface area contributed by atoms with E-state index in [-0.39, 0.29) is 6.17 Å². The van der Waals surface area contributed by atoms with Gasteiger partial charge in [0, 0.05) is 27.8 Å². The van der Waals surface area contributed by atoms with E-state index in [1.165, 1.54) is 0 Å². The van der Waals surface area contributed by atoms with Crippen LogP contribution < -0.4 is 5.32 Å². The molecule has 7 aromatic rings. The minimum Gasteiger partial charge on any atom is -0.344 e. The summed E-state index contributed by atoms with van der Waals surface area (Å²) in [6.45, 7) is 0. The van der Waals surface area contributed by atoms with Crippen molar-refractivity contribution in [2.24, 2.45) is 9.98 Å². The Balaban J connectivity index is 1.17. The highest BCUT2D eigenvalue weighted by Gasteiger charge is 2.21. The van der Waals surface area contributed by atoms with Crippen LogP contribution in [-0.4, -0.2) is 26.6 Å². The molecule has 1 aromatic heterocycles. The summed E-state index contributed by atoms with van der Waals surface area (Å²) in [6.07, 6.45) is -0.262. The maximum atomic E-state index is 5.00. The van der Waals surface area contributed by atoms with Crippen LogP contribution in [-0.2, 0) is 0 Å². The van der Waals surface area contributed by atoms with Gasteiger partial charge in [-0.2, -0.15) is 0 Å². The molecule has 6 nitrogen and oxygen atoms in total. The van der Waals surface area contributed by atoms with Crippen LogP contribution in [0.1, 0.15) is 22.9 Å². The lowest BCUT2D eigenvalue weighted by Gasteiger charge is -2.24. The van der Waals surface area contributed by atoms with Gasteiger partial charge in [-0.3, -0.25) is 0 Å². The van der Waals surface area contributed by atoms with E-state index < -0.39 is 0 Å². The molecule has 1 N–H and O–H groups in total. The number of aromatic nitrogens is 3. The van der Waals surface area contributed by atoms with Gasteiger partial charge >= 0.3 is 0 Å². The van der Waals surface area contributed by atoms with Gasteiger partial charge in [0.1, 0.15) is 12.0 Å². The first kappa shape index (κ1) is 28.9. The van der Waals surface area contributed by atoms with E-state index in [4.69, 9.17) is 24.9 Å². The van der Waals surface area contributed by atoms with Crippen LogP contribution >= 0.6 is 0 Å². The van der Waals surface area contributed by atoms with Crippen molar-refractivity contribution in [3.8, 4) is 45.3 Å². The van der Waals surface area contributed by atoms with Crippen molar-refractivity contribution in [1.82, 2.24) is 20.3 Å². The first-order chi connectivity index (χ1) is 23.8. The highest BCUT2D eigenvalue weighted by molar-refractivity contribution is 6.13. The van der Waals surface area contributed by atoms with Crippen molar-refractivity contribution >= 4 is 11.7 Å². The maximum Gasteiger partial charge on any atom is 0.164 e. The number of hydrogen-bond acceptors (Lipinski definition) is 6. The molecule has 1 aliphatic heterocycles. The highest BCUT2D eigenvalue weighted by Crippen LogP contribution is 2.29. The second-order valence-electron chi connectivity index (χ2n) is 11.4.